The van der Waals surface area contributed by atoms with E-state index in [-0.39, 0.29) is 37.9 Å². The number of aliphatic hydroxyl groups is 2. The predicted molar refractivity (Wildman–Crippen MR) is 123 cm³/mol. The Labute approximate surface area is 194 Å². The molecule has 0 radical (unpaired) electrons. The monoisotopic (exact) mass is 477 g/mol. The highest BCUT2D eigenvalue weighted by Crippen LogP contribution is 2.34. The molecule has 2 aromatic carbocycles. The summed E-state index contributed by atoms with van der Waals surface area (Å²) in [6.07, 6.45) is 0. The van der Waals surface area contributed by atoms with Crippen molar-refractivity contribution in [1.82, 2.24) is 9.47 Å². The molecule has 10 heteroatoms. The van der Waals surface area contributed by atoms with Crippen molar-refractivity contribution >= 4 is 34.8 Å². The van der Waals surface area contributed by atoms with Crippen LogP contribution in [0.5, 0.6) is 0 Å². The molecule has 168 valence electrons. The van der Waals surface area contributed by atoms with E-state index in [1.165, 1.54) is 17.0 Å². The standard InChI is InChI=1S/C22H21Cl2N3O5/c1-14-18(22(30)25(8-10-28)9-11-29)13-21(15-2-5-17(6-3-15)27(31)32)26(14)20-7-4-16(23)12-19(20)24/h2-7,12-13,28-29H,8-11H2,1H3. The zero-order chi connectivity index (χ0) is 23.4. The summed E-state index contributed by atoms with van der Waals surface area (Å²) in [6, 6.07) is 12.6. The summed E-state index contributed by atoms with van der Waals surface area (Å²) in [6.45, 7) is 1.40. The van der Waals surface area contributed by atoms with Gasteiger partial charge < -0.3 is 19.7 Å². The zero-order valence-electron chi connectivity index (χ0n) is 17.2. The van der Waals surface area contributed by atoms with Gasteiger partial charge in [0.2, 0.25) is 0 Å². The molecular formula is C22H21Cl2N3O5. The SMILES string of the molecule is Cc1c(C(=O)N(CCO)CCO)cc(-c2ccc([N+](=O)[O-])cc2)n1-c1ccc(Cl)cc1Cl. The van der Waals surface area contributed by atoms with E-state index in [4.69, 9.17) is 23.2 Å². The summed E-state index contributed by atoms with van der Waals surface area (Å²) in [7, 11) is 0. The van der Waals surface area contributed by atoms with Crippen LogP contribution in [0.2, 0.25) is 10.0 Å². The third kappa shape index (κ3) is 4.78. The molecule has 1 heterocycles. The Morgan fingerprint density at radius 2 is 1.69 bits per heavy atom. The second-order valence-electron chi connectivity index (χ2n) is 7.00. The molecule has 0 saturated carbocycles. The van der Waals surface area contributed by atoms with E-state index in [2.05, 4.69) is 0 Å². The lowest BCUT2D eigenvalue weighted by atomic mass is 10.1. The third-order valence-electron chi connectivity index (χ3n) is 5.03. The van der Waals surface area contributed by atoms with Crippen LogP contribution < -0.4 is 0 Å². The van der Waals surface area contributed by atoms with Crippen molar-refractivity contribution in [1.29, 1.82) is 0 Å². The van der Waals surface area contributed by atoms with Gasteiger partial charge in [-0.25, -0.2) is 0 Å². The number of halogens is 2. The van der Waals surface area contributed by atoms with Gasteiger partial charge in [-0.1, -0.05) is 23.2 Å². The molecule has 2 N–H and O–H groups in total. The number of carbonyl (C=O) groups excluding carboxylic acids is 1. The first-order valence-corrected chi connectivity index (χ1v) is 10.5. The lowest BCUT2D eigenvalue weighted by molar-refractivity contribution is -0.384. The van der Waals surface area contributed by atoms with E-state index in [1.54, 1.807) is 47.9 Å². The number of aliphatic hydroxyl groups excluding tert-OH is 2. The number of nitro groups is 1. The Bertz CT molecular complexity index is 1140. The van der Waals surface area contributed by atoms with Gasteiger partial charge in [0.1, 0.15) is 0 Å². The minimum atomic E-state index is -0.485. The Hall–Kier alpha value is -2.91. The molecule has 0 atom stereocenters. The normalized spacial score (nSPS) is 10.9. The fraction of sp³-hybridized carbons (Fsp3) is 0.227. The van der Waals surface area contributed by atoms with Crippen LogP contribution in [0.3, 0.4) is 0 Å². The maximum Gasteiger partial charge on any atom is 0.269 e. The highest BCUT2D eigenvalue weighted by molar-refractivity contribution is 6.35. The molecule has 0 aliphatic rings. The Morgan fingerprint density at radius 3 is 2.22 bits per heavy atom. The number of nitrogens with zero attached hydrogens (tertiary/aromatic N) is 3. The second-order valence-corrected chi connectivity index (χ2v) is 7.85. The molecule has 32 heavy (non-hydrogen) atoms. The maximum atomic E-state index is 13.2. The van der Waals surface area contributed by atoms with Crippen LogP contribution in [-0.2, 0) is 0 Å². The molecular weight excluding hydrogens is 457 g/mol. The average molecular weight is 478 g/mol. The number of benzene rings is 2. The summed E-state index contributed by atoms with van der Waals surface area (Å²) < 4.78 is 1.78. The van der Waals surface area contributed by atoms with Gasteiger partial charge in [0, 0.05) is 35.9 Å². The van der Waals surface area contributed by atoms with Crippen molar-refractivity contribution in [2.24, 2.45) is 0 Å². The van der Waals surface area contributed by atoms with Crippen molar-refractivity contribution in [3.05, 3.63) is 79.9 Å². The average Bonchev–Trinajstić information content (AvgIpc) is 3.10. The third-order valence-corrected chi connectivity index (χ3v) is 5.57. The first-order valence-electron chi connectivity index (χ1n) is 9.72. The van der Waals surface area contributed by atoms with Crippen LogP contribution >= 0.6 is 23.2 Å². The van der Waals surface area contributed by atoms with Crippen molar-refractivity contribution in [2.75, 3.05) is 26.3 Å². The number of rotatable bonds is 8. The lowest BCUT2D eigenvalue weighted by Gasteiger charge is -2.20. The summed E-state index contributed by atoms with van der Waals surface area (Å²) >= 11 is 12.5. The zero-order valence-corrected chi connectivity index (χ0v) is 18.7. The molecule has 3 rings (SSSR count). The molecule has 0 aliphatic carbocycles. The van der Waals surface area contributed by atoms with Crippen LogP contribution in [-0.4, -0.2) is 56.8 Å². The first kappa shape index (κ1) is 23.7. The number of hydrogen-bond acceptors (Lipinski definition) is 5. The molecule has 1 aromatic heterocycles. The van der Waals surface area contributed by atoms with Gasteiger partial charge in [-0.15, -0.1) is 0 Å². The first-order chi connectivity index (χ1) is 15.3. The lowest BCUT2D eigenvalue weighted by Crippen LogP contribution is -2.36. The largest absolute Gasteiger partial charge is 0.395 e. The van der Waals surface area contributed by atoms with E-state index >= 15 is 0 Å². The van der Waals surface area contributed by atoms with Gasteiger partial charge >= 0.3 is 0 Å². The summed E-state index contributed by atoms with van der Waals surface area (Å²) in [5, 5.41) is 30.5. The molecule has 3 aromatic rings. The number of aromatic nitrogens is 1. The number of non-ortho nitro benzene ring substituents is 1. The van der Waals surface area contributed by atoms with Gasteiger partial charge in [-0.2, -0.15) is 0 Å². The van der Waals surface area contributed by atoms with Gasteiger partial charge in [0.25, 0.3) is 11.6 Å². The minimum absolute atomic E-state index is 0.0542. The number of nitro benzene ring substituents is 1. The molecule has 0 unspecified atom stereocenters. The Balaban J connectivity index is 2.21. The highest BCUT2D eigenvalue weighted by Gasteiger charge is 2.24. The number of carbonyl (C=O) groups is 1. The minimum Gasteiger partial charge on any atom is -0.395 e. The highest BCUT2D eigenvalue weighted by atomic mass is 35.5. The number of amides is 1. The molecule has 0 spiro atoms. The van der Waals surface area contributed by atoms with E-state index in [0.29, 0.717) is 38.2 Å². The van der Waals surface area contributed by atoms with E-state index < -0.39 is 4.92 Å². The van der Waals surface area contributed by atoms with Crippen LogP contribution in [0.25, 0.3) is 16.9 Å². The molecule has 0 aliphatic heterocycles. The van der Waals surface area contributed by atoms with Gasteiger partial charge in [-0.3, -0.25) is 14.9 Å². The Morgan fingerprint density at radius 1 is 1.06 bits per heavy atom. The van der Waals surface area contributed by atoms with E-state index in [9.17, 15) is 25.1 Å². The second kappa shape index (κ2) is 10.1. The Kier molecular flexibility index (Phi) is 7.52. The molecule has 0 fully saturated rings. The number of hydrogen-bond donors (Lipinski definition) is 2. The van der Waals surface area contributed by atoms with Crippen molar-refractivity contribution in [3.8, 4) is 16.9 Å². The van der Waals surface area contributed by atoms with E-state index in [0.717, 1.165) is 0 Å². The summed E-state index contributed by atoms with van der Waals surface area (Å²) in [5.74, 6) is -0.363. The van der Waals surface area contributed by atoms with E-state index in [1.807, 2.05) is 0 Å². The summed E-state index contributed by atoms with van der Waals surface area (Å²) in [5.41, 5.74) is 2.69. The van der Waals surface area contributed by atoms with Crippen molar-refractivity contribution < 1.29 is 19.9 Å². The van der Waals surface area contributed by atoms with Gasteiger partial charge in [0.05, 0.1) is 40.1 Å². The summed E-state index contributed by atoms with van der Waals surface area (Å²) in [4.78, 5) is 25.1. The molecule has 0 saturated heterocycles. The predicted octanol–water partition coefficient (Wildman–Crippen LogP) is 4.09. The van der Waals surface area contributed by atoms with Crippen LogP contribution in [0.4, 0.5) is 5.69 Å². The van der Waals surface area contributed by atoms with Crippen LogP contribution in [0.1, 0.15) is 16.1 Å². The van der Waals surface area contributed by atoms with Crippen molar-refractivity contribution in [2.45, 2.75) is 6.92 Å². The topological polar surface area (TPSA) is 109 Å². The molecule has 1 amide bonds. The maximum absolute atomic E-state index is 13.2. The smallest absolute Gasteiger partial charge is 0.269 e. The van der Waals surface area contributed by atoms with Gasteiger partial charge in [-0.05, 0) is 48.9 Å². The molecule has 0 bridgehead atoms. The van der Waals surface area contributed by atoms with Crippen LogP contribution in [0, 0.1) is 17.0 Å². The fourth-order valence-corrected chi connectivity index (χ4v) is 3.98. The van der Waals surface area contributed by atoms with Gasteiger partial charge in [0.15, 0.2) is 0 Å². The van der Waals surface area contributed by atoms with Crippen LogP contribution in [0.15, 0.2) is 48.5 Å². The molecule has 8 nitrogen and oxygen atoms in total. The quantitative estimate of drug-likeness (QED) is 0.375. The fourth-order valence-electron chi connectivity index (χ4n) is 3.49. The van der Waals surface area contributed by atoms with Crippen molar-refractivity contribution in [3.63, 3.8) is 0 Å².